The van der Waals surface area contributed by atoms with Crippen molar-refractivity contribution in [2.45, 2.75) is 6.42 Å². The summed E-state index contributed by atoms with van der Waals surface area (Å²) in [4.78, 5) is 18.7. The molecule has 0 spiro atoms. The fraction of sp³-hybridized carbons (Fsp3) is 0.533. The number of piperazine rings is 1. The third-order valence-corrected chi connectivity index (χ3v) is 5.59. The van der Waals surface area contributed by atoms with E-state index in [9.17, 15) is 4.79 Å². The molecule has 1 saturated heterocycles. The number of carbonyl (C=O) groups is 1. The van der Waals surface area contributed by atoms with Gasteiger partial charge in [-0.2, -0.15) is 0 Å². The number of amides is 1. The van der Waals surface area contributed by atoms with E-state index in [1.54, 1.807) is 11.9 Å². The Morgan fingerprint density at radius 3 is 2.52 bits per heavy atom. The van der Waals surface area contributed by atoms with Gasteiger partial charge in [-0.3, -0.25) is 0 Å². The fourth-order valence-corrected chi connectivity index (χ4v) is 3.37. The molecule has 1 N–H and O–H groups in total. The van der Waals surface area contributed by atoms with Crippen molar-refractivity contribution >= 4 is 31.8 Å². The van der Waals surface area contributed by atoms with E-state index in [0.717, 1.165) is 42.8 Å². The van der Waals surface area contributed by atoms with E-state index in [1.165, 1.54) is 0 Å². The van der Waals surface area contributed by atoms with Gasteiger partial charge in [0.2, 0.25) is 0 Å². The van der Waals surface area contributed by atoms with Crippen LogP contribution in [0.15, 0.2) is 24.3 Å². The van der Waals surface area contributed by atoms with Crippen molar-refractivity contribution in [3.63, 3.8) is 0 Å². The molecule has 8 heteroatoms. The van der Waals surface area contributed by atoms with Crippen LogP contribution in [0.3, 0.4) is 0 Å². The minimum atomic E-state index is -0.962. The van der Waals surface area contributed by atoms with Gasteiger partial charge in [0, 0.05) is 0 Å². The number of anilines is 1. The van der Waals surface area contributed by atoms with Gasteiger partial charge in [0.15, 0.2) is 0 Å². The number of rotatable bonds is 7. The van der Waals surface area contributed by atoms with Gasteiger partial charge in [0.25, 0.3) is 0 Å². The molecule has 1 fully saturated rings. The second-order valence-electron chi connectivity index (χ2n) is 5.65. The number of hydrogen-bond acceptors (Lipinski definition) is 6. The summed E-state index contributed by atoms with van der Waals surface area (Å²) in [5.41, 5.74) is 0.855. The Bertz CT molecular complexity index is 492. The van der Waals surface area contributed by atoms with Crippen LogP contribution in [0.5, 0.6) is 0 Å². The molecular formula is C15H23GeN3O4. The van der Waals surface area contributed by atoms with Crippen molar-refractivity contribution in [2.75, 3.05) is 51.7 Å². The third-order valence-electron chi connectivity index (χ3n) is 4.06. The standard InChI is InChI=1S/C15H23GeN3O4/c1-17-9-11-19(12-10-17)8-7-15(20)18(2)14-5-3-13(4-6-14)16-22-23-21/h3-6,21H,7-12H2,1-2H3. The Balaban J connectivity index is 1.79. The average molecular weight is 382 g/mol. The molecule has 1 aliphatic heterocycles. The maximum atomic E-state index is 12.3. The van der Waals surface area contributed by atoms with Gasteiger partial charge in [-0.05, 0) is 7.05 Å². The first kappa shape index (κ1) is 18.4. The summed E-state index contributed by atoms with van der Waals surface area (Å²) in [5.74, 6) is 0.114. The van der Waals surface area contributed by atoms with Crippen molar-refractivity contribution in [3.8, 4) is 0 Å². The van der Waals surface area contributed by atoms with E-state index in [-0.39, 0.29) is 5.91 Å². The molecule has 126 valence electrons. The van der Waals surface area contributed by atoms with E-state index < -0.39 is 15.8 Å². The predicted molar refractivity (Wildman–Crippen MR) is 88.6 cm³/mol. The van der Waals surface area contributed by atoms with Gasteiger partial charge < -0.3 is 0 Å². The molecule has 0 aliphatic carbocycles. The Morgan fingerprint density at radius 1 is 1.26 bits per heavy atom. The maximum absolute atomic E-state index is 12.3. The van der Waals surface area contributed by atoms with E-state index in [4.69, 9.17) is 5.26 Å². The monoisotopic (exact) mass is 383 g/mol. The quantitative estimate of drug-likeness (QED) is 0.406. The van der Waals surface area contributed by atoms with Gasteiger partial charge in [-0.25, -0.2) is 0 Å². The zero-order valence-corrected chi connectivity index (χ0v) is 15.7. The van der Waals surface area contributed by atoms with Crippen LogP contribution in [0.1, 0.15) is 6.42 Å². The summed E-state index contributed by atoms with van der Waals surface area (Å²) in [6.07, 6.45) is 0.525. The molecule has 7 nitrogen and oxygen atoms in total. The minimum absolute atomic E-state index is 0.114. The van der Waals surface area contributed by atoms with Crippen molar-refractivity contribution < 1.29 is 19.0 Å². The first-order valence-corrected chi connectivity index (χ1v) is 9.51. The zero-order valence-electron chi connectivity index (χ0n) is 13.6. The van der Waals surface area contributed by atoms with Crippen LogP contribution in [0.2, 0.25) is 0 Å². The number of benzene rings is 1. The summed E-state index contributed by atoms with van der Waals surface area (Å²) >= 11 is -0.962. The average Bonchev–Trinajstić information content (AvgIpc) is 2.59. The molecule has 0 unspecified atom stereocenters. The molecular weight excluding hydrogens is 359 g/mol. The van der Waals surface area contributed by atoms with Crippen molar-refractivity contribution in [2.24, 2.45) is 0 Å². The molecule has 2 radical (unpaired) electrons. The number of carbonyl (C=O) groups excluding carboxylic acids is 1. The summed E-state index contributed by atoms with van der Waals surface area (Å²) in [6.45, 7) is 4.99. The summed E-state index contributed by atoms with van der Waals surface area (Å²) in [6, 6.07) is 7.54. The Kier molecular flexibility index (Phi) is 7.48. The first-order chi connectivity index (χ1) is 11.1. The van der Waals surface area contributed by atoms with Crippen LogP contribution in [0.4, 0.5) is 5.69 Å². The molecule has 1 aromatic carbocycles. The Hall–Kier alpha value is -0.967. The van der Waals surface area contributed by atoms with Crippen LogP contribution in [0, 0.1) is 0 Å². The van der Waals surface area contributed by atoms with Gasteiger partial charge in [-0.1, -0.05) is 0 Å². The van der Waals surface area contributed by atoms with Crippen molar-refractivity contribution in [3.05, 3.63) is 24.3 Å². The van der Waals surface area contributed by atoms with Gasteiger partial charge in [0.05, 0.1) is 0 Å². The molecule has 1 aromatic rings. The number of nitrogens with zero attached hydrogens (tertiary/aromatic N) is 3. The van der Waals surface area contributed by atoms with Crippen LogP contribution in [-0.2, 0) is 13.7 Å². The van der Waals surface area contributed by atoms with E-state index in [1.807, 2.05) is 24.3 Å². The second kappa shape index (κ2) is 9.36. The van der Waals surface area contributed by atoms with Crippen molar-refractivity contribution in [1.82, 2.24) is 9.80 Å². The van der Waals surface area contributed by atoms with Crippen LogP contribution in [-0.4, -0.2) is 83.6 Å². The third kappa shape index (κ3) is 5.87. The molecule has 0 bridgehead atoms. The van der Waals surface area contributed by atoms with Crippen LogP contribution >= 0.6 is 0 Å². The van der Waals surface area contributed by atoms with Gasteiger partial charge >= 0.3 is 136 Å². The molecule has 1 heterocycles. The Morgan fingerprint density at radius 2 is 1.91 bits per heavy atom. The zero-order chi connectivity index (χ0) is 16.7. The van der Waals surface area contributed by atoms with E-state index in [2.05, 4.69) is 25.8 Å². The molecule has 0 saturated carbocycles. The van der Waals surface area contributed by atoms with E-state index >= 15 is 0 Å². The normalized spacial score (nSPS) is 16.5. The van der Waals surface area contributed by atoms with Gasteiger partial charge in [0.1, 0.15) is 0 Å². The molecule has 0 atom stereocenters. The molecule has 1 aliphatic rings. The molecule has 23 heavy (non-hydrogen) atoms. The number of hydrogen-bond donors (Lipinski definition) is 1. The molecule has 1 amide bonds. The molecule has 2 rings (SSSR count). The van der Waals surface area contributed by atoms with Crippen LogP contribution < -0.4 is 9.30 Å². The second-order valence-corrected chi connectivity index (χ2v) is 7.64. The Labute approximate surface area is 143 Å². The predicted octanol–water partition coefficient (Wildman–Crippen LogP) is -0.0474. The van der Waals surface area contributed by atoms with Crippen LogP contribution in [0.25, 0.3) is 0 Å². The summed E-state index contributed by atoms with van der Waals surface area (Å²) < 4.78 is 5.54. The van der Waals surface area contributed by atoms with E-state index in [0.29, 0.717) is 6.42 Å². The first-order valence-electron chi connectivity index (χ1n) is 7.61. The molecule has 0 aromatic heterocycles. The van der Waals surface area contributed by atoms with Gasteiger partial charge in [-0.15, -0.1) is 0 Å². The SMILES string of the molecule is CN1CCN(CCC(=O)N(C)c2cc[c]([Ge][O]OO)cc2)CC1. The van der Waals surface area contributed by atoms with Crippen molar-refractivity contribution in [1.29, 1.82) is 0 Å². The number of likely N-dealkylation sites (N-methyl/N-ethyl adjacent to an activating group) is 1. The summed E-state index contributed by atoms with van der Waals surface area (Å²) in [5, 5.41) is 11.8. The summed E-state index contributed by atoms with van der Waals surface area (Å²) in [7, 11) is 3.92. The topological polar surface area (TPSA) is 65.5 Å². The fourth-order valence-electron chi connectivity index (χ4n) is 2.46.